The smallest absolute Gasteiger partial charge is 0.417 e. The topological polar surface area (TPSA) is 56.6 Å². The number of anilines is 1. The Morgan fingerprint density at radius 1 is 1.21 bits per heavy atom. The molecular weight excluding hydrogens is 391 g/mol. The van der Waals surface area contributed by atoms with E-state index in [9.17, 15) is 18.0 Å². The summed E-state index contributed by atoms with van der Waals surface area (Å²) in [6, 6.07) is 11.8. The summed E-state index contributed by atoms with van der Waals surface area (Å²) in [4.78, 5) is 15.1. The summed E-state index contributed by atoms with van der Waals surface area (Å²) in [6.45, 7) is 0.277. The Balaban J connectivity index is 1.86. The molecule has 0 unspecified atom stereocenters. The SMILES string of the molecule is COc1ccc(CN2CC(=O)N(c3ccc(C#N)c(C(F)(F)F)c3)C2=S)cc1. The molecule has 3 rings (SSSR count). The van der Waals surface area contributed by atoms with E-state index in [2.05, 4.69) is 0 Å². The van der Waals surface area contributed by atoms with Crippen molar-refractivity contribution < 1.29 is 22.7 Å². The number of nitriles is 1. The second-order valence-electron chi connectivity index (χ2n) is 6.06. The predicted octanol–water partition coefficient (Wildman–Crippen LogP) is 3.72. The van der Waals surface area contributed by atoms with Gasteiger partial charge in [0.2, 0.25) is 0 Å². The van der Waals surface area contributed by atoms with Crippen molar-refractivity contribution >= 4 is 28.9 Å². The number of carbonyl (C=O) groups is 1. The predicted molar refractivity (Wildman–Crippen MR) is 99.6 cm³/mol. The van der Waals surface area contributed by atoms with E-state index < -0.39 is 23.2 Å². The minimum Gasteiger partial charge on any atom is -0.497 e. The van der Waals surface area contributed by atoms with Gasteiger partial charge in [-0.05, 0) is 48.1 Å². The number of amides is 1. The van der Waals surface area contributed by atoms with Crippen molar-refractivity contribution in [2.45, 2.75) is 12.7 Å². The van der Waals surface area contributed by atoms with Gasteiger partial charge >= 0.3 is 6.18 Å². The van der Waals surface area contributed by atoms with E-state index in [-0.39, 0.29) is 17.3 Å². The fourth-order valence-corrected chi connectivity index (χ4v) is 3.22. The lowest BCUT2D eigenvalue weighted by molar-refractivity contribution is -0.137. The number of alkyl halides is 3. The summed E-state index contributed by atoms with van der Waals surface area (Å²) in [5.74, 6) is 0.249. The molecule has 1 aliphatic rings. The molecule has 1 saturated heterocycles. The van der Waals surface area contributed by atoms with Crippen molar-refractivity contribution in [1.29, 1.82) is 5.26 Å². The second kappa shape index (κ2) is 7.48. The summed E-state index contributed by atoms with van der Waals surface area (Å²) in [5.41, 5.74) is -0.757. The van der Waals surface area contributed by atoms with E-state index in [1.165, 1.54) is 12.1 Å². The molecule has 0 aromatic heterocycles. The minimum atomic E-state index is -4.71. The fraction of sp³-hybridized carbons (Fsp3) is 0.211. The maximum atomic E-state index is 13.2. The van der Waals surface area contributed by atoms with Gasteiger partial charge in [0, 0.05) is 6.54 Å². The molecule has 1 fully saturated rings. The minimum absolute atomic E-state index is 0.0152. The average molecular weight is 405 g/mol. The zero-order valence-electron chi connectivity index (χ0n) is 14.7. The van der Waals surface area contributed by atoms with Gasteiger partial charge in [0.25, 0.3) is 5.91 Å². The molecule has 0 N–H and O–H groups in total. The van der Waals surface area contributed by atoms with Crippen LogP contribution in [0.2, 0.25) is 0 Å². The number of hydrogen-bond donors (Lipinski definition) is 0. The van der Waals surface area contributed by atoms with Gasteiger partial charge in [0.15, 0.2) is 5.11 Å². The van der Waals surface area contributed by atoms with Crippen molar-refractivity contribution in [3.05, 3.63) is 59.2 Å². The highest BCUT2D eigenvalue weighted by molar-refractivity contribution is 7.80. The molecule has 144 valence electrons. The molecule has 28 heavy (non-hydrogen) atoms. The summed E-state index contributed by atoms with van der Waals surface area (Å²) < 4.78 is 44.7. The van der Waals surface area contributed by atoms with Crippen molar-refractivity contribution in [3.63, 3.8) is 0 Å². The van der Waals surface area contributed by atoms with Gasteiger partial charge in [-0.1, -0.05) is 12.1 Å². The summed E-state index contributed by atoms with van der Waals surface area (Å²) in [6.07, 6.45) is -4.71. The highest BCUT2D eigenvalue weighted by Crippen LogP contribution is 2.35. The highest BCUT2D eigenvalue weighted by Gasteiger charge is 2.38. The lowest BCUT2D eigenvalue weighted by atomic mass is 10.1. The number of nitrogens with zero attached hydrogens (tertiary/aromatic N) is 3. The molecule has 0 bridgehead atoms. The third-order valence-corrected chi connectivity index (χ3v) is 4.70. The number of methoxy groups -OCH3 is 1. The molecule has 2 aromatic rings. The van der Waals surface area contributed by atoms with Crippen LogP contribution in [0, 0.1) is 11.3 Å². The first-order chi connectivity index (χ1) is 13.2. The van der Waals surface area contributed by atoms with E-state index in [0.717, 1.165) is 22.6 Å². The molecule has 0 atom stereocenters. The Labute approximate surface area is 164 Å². The molecule has 5 nitrogen and oxygen atoms in total. The second-order valence-corrected chi connectivity index (χ2v) is 6.42. The Morgan fingerprint density at radius 2 is 1.89 bits per heavy atom. The standard InChI is InChI=1S/C19H14F3N3O2S/c1-27-15-6-2-12(3-7-15)10-24-11-17(26)25(18(24)28)14-5-4-13(9-23)16(8-14)19(20,21)22/h2-8H,10-11H2,1H3. The van der Waals surface area contributed by atoms with Crippen molar-refractivity contribution in [2.24, 2.45) is 0 Å². The van der Waals surface area contributed by atoms with E-state index in [0.29, 0.717) is 12.3 Å². The highest BCUT2D eigenvalue weighted by atomic mass is 32.1. The van der Waals surface area contributed by atoms with Gasteiger partial charge in [-0.2, -0.15) is 18.4 Å². The summed E-state index contributed by atoms with van der Waals surface area (Å²) in [5, 5.41) is 9.02. The van der Waals surface area contributed by atoms with Crippen LogP contribution in [0.3, 0.4) is 0 Å². The normalized spacial score (nSPS) is 14.4. The Morgan fingerprint density at radius 3 is 2.46 bits per heavy atom. The molecule has 0 saturated carbocycles. The van der Waals surface area contributed by atoms with Crippen LogP contribution in [0.4, 0.5) is 18.9 Å². The Kier molecular flexibility index (Phi) is 5.25. The monoisotopic (exact) mass is 405 g/mol. The number of thiocarbonyl (C=S) groups is 1. The van der Waals surface area contributed by atoms with Gasteiger partial charge < -0.3 is 9.64 Å². The molecule has 1 heterocycles. The van der Waals surface area contributed by atoms with Crippen LogP contribution >= 0.6 is 12.2 Å². The van der Waals surface area contributed by atoms with Crippen LogP contribution in [-0.2, 0) is 17.5 Å². The van der Waals surface area contributed by atoms with Gasteiger partial charge in [0.1, 0.15) is 12.3 Å². The van der Waals surface area contributed by atoms with Crippen molar-refractivity contribution in [2.75, 3.05) is 18.6 Å². The number of hydrogen-bond acceptors (Lipinski definition) is 4. The van der Waals surface area contributed by atoms with Crippen LogP contribution in [0.5, 0.6) is 5.75 Å². The average Bonchev–Trinajstić information content (AvgIpc) is 2.94. The number of benzene rings is 2. The lowest BCUT2D eigenvalue weighted by Gasteiger charge is -2.21. The molecule has 0 spiro atoms. The Hall–Kier alpha value is -3.12. The van der Waals surface area contributed by atoms with Crippen LogP contribution in [0.15, 0.2) is 42.5 Å². The van der Waals surface area contributed by atoms with Gasteiger partial charge in [-0.3, -0.25) is 9.69 Å². The van der Waals surface area contributed by atoms with Crippen molar-refractivity contribution in [1.82, 2.24) is 4.90 Å². The summed E-state index contributed by atoms with van der Waals surface area (Å²) in [7, 11) is 1.55. The quantitative estimate of drug-likeness (QED) is 0.726. The van der Waals surface area contributed by atoms with Crippen LogP contribution in [0.1, 0.15) is 16.7 Å². The van der Waals surface area contributed by atoms with Gasteiger partial charge in [0.05, 0.1) is 30.0 Å². The number of ether oxygens (including phenoxy) is 1. The molecule has 1 amide bonds. The lowest BCUT2D eigenvalue weighted by Crippen LogP contribution is -2.32. The molecule has 0 aliphatic carbocycles. The molecule has 1 aliphatic heterocycles. The maximum absolute atomic E-state index is 13.2. The first-order valence-corrected chi connectivity index (χ1v) is 8.51. The largest absolute Gasteiger partial charge is 0.497 e. The number of carbonyl (C=O) groups excluding carboxylic acids is 1. The Bertz CT molecular complexity index is 968. The van der Waals surface area contributed by atoms with Gasteiger partial charge in [-0.15, -0.1) is 0 Å². The van der Waals surface area contributed by atoms with Crippen LogP contribution < -0.4 is 9.64 Å². The molecular formula is C19H14F3N3O2S. The van der Waals surface area contributed by atoms with Crippen molar-refractivity contribution in [3.8, 4) is 11.8 Å². The van der Waals surface area contributed by atoms with Crippen LogP contribution in [0.25, 0.3) is 0 Å². The zero-order valence-corrected chi connectivity index (χ0v) is 15.5. The third-order valence-electron chi connectivity index (χ3n) is 4.26. The van der Waals surface area contributed by atoms with Crippen LogP contribution in [-0.4, -0.2) is 29.6 Å². The fourth-order valence-electron chi connectivity index (χ4n) is 2.88. The molecule has 0 radical (unpaired) electrons. The van der Waals surface area contributed by atoms with Gasteiger partial charge in [-0.25, -0.2) is 0 Å². The van der Waals surface area contributed by atoms with E-state index >= 15 is 0 Å². The summed E-state index contributed by atoms with van der Waals surface area (Å²) >= 11 is 5.33. The number of halogens is 3. The number of rotatable bonds is 4. The molecule has 2 aromatic carbocycles. The van der Waals surface area contributed by atoms with E-state index in [1.807, 2.05) is 12.1 Å². The third kappa shape index (κ3) is 3.77. The van der Waals surface area contributed by atoms with E-state index in [1.54, 1.807) is 24.1 Å². The maximum Gasteiger partial charge on any atom is 0.417 e. The first-order valence-electron chi connectivity index (χ1n) is 8.10. The first kappa shape index (κ1) is 19.6. The zero-order chi connectivity index (χ0) is 20.5. The van der Waals surface area contributed by atoms with E-state index in [4.69, 9.17) is 22.2 Å². The molecule has 9 heteroatoms.